The SMILES string of the molecule is CCCCCCCCCCCCN1C=CN(CC)C1CCCCCCCCCC. The van der Waals surface area contributed by atoms with Crippen LogP contribution in [0.15, 0.2) is 12.4 Å². The van der Waals surface area contributed by atoms with Crippen LogP contribution in [0.25, 0.3) is 0 Å². The lowest BCUT2D eigenvalue weighted by Crippen LogP contribution is -2.38. The molecule has 1 atom stereocenters. The summed E-state index contributed by atoms with van der Waals surface area (Å²) in [6, 6.07) is 0. The van der Waals surface area contributed by atoms with Gasteiger partial charge in [0.2, 0.25) is 0 Å². The largest absolute Gasteiger partial charge is 0.356 e. The van der Waals surface area contributed by atoms with Crippen LogP contribution in [0.4, 0.5) is 0 Å². The van der Waals surface area contributed by atoms with E-state index in [0.29, 0.717) is 6.17 Å². The van der Waals surface area contributed by atoms with Crippen LogP contribution in [-0.2, 0) is 0 Å². The summed E-state index contributed by atoms with van der Waals surface area (Å²) < 4.78 is 0. The van der Waals surface area contributed by atoms with Crippen LogP contribution in [0, 0.1) is 0 Å². The van der Waals surface area contributed by atoms with Gasteiger partial charge in [-0.3, -0.25) is 0 Å². The molecular weight excluding hydrogens is 352 g/mol. The Morgan fingerprint density at radius 1 is 0.483 bits per heavy atom. The minimum Gasteiger partial charge on any atom is -0.356 e. The molecule has 172 valence electrons. The van der Waals surface area contributed by atoms with Crippen molar-refractivity contribution in [1.29, 1.82) is 0 Å². The van der Waals surface area contributed by atoms with Crippen molar-refractivity contribution in [2.75, 3.05) is 13.1 Å². The van der Waals surface area contributed by atoms with Crippen LogP contribution in [0.3, 0.4) is 0 Å². The summed E-state index contributed by atoms with van der Waals surface area (Å²) in [7, 11) is 0. The van der Waals surface area contributed by atoms with E-state index < -0.39 is 0 Å². The van der Waals surface area contributed by atoms with Gasteiger partial charge in [0.05, 0.1) is 0 Å². The third-order valence-corrected chi connectivity index (χ3v) is 6.67. The molecule has 0 aromatic heterocycles. The van der Waals surface area contributed by atoms with Gasteiger partial charge in [0.1, 0.15) is 6.17 Å². The molecular formula is C27H54N2. The van der Waals surface area contributed by atoms with E-state index in [1.54, 1.807) is 0 Å². The third kappa shape index (κ3) is 13.3. The maximum atomic E-state index is 2.63. The standard InChI is InChI=1S/C27H54N2/c1-4-7-9-11-13-15-16-18-20-22-24-29-26-25-28(6-3)27(29)23-21-19-17-14-12-10-8-5-2/h25-27H,4-24H2,1-3H3. The first-order chi connectivity index (χ1) is 14.3. The van der Waals surface area contributed by atoms with E-state index >= 15 is 0 Å². The summed E-state index contributed by atoms with van der Waals surface area (Å²) in [4.78, 5) is 5.19. The van der Waals surface area contributed by atoms with Gasteiger partial charge in [-0.25, -0.2) is 0 Å². The van der Waals surface area contributed by atoms with Crippen molar-refractivity contribution in [2.45, 2.75) is 149 Å². The number of hydrogen-bond acceptors (Lipinski definition) is 2. The van der Waals surface area contributed by atoms with Crippen LogP contribution >= 0.6 is 0 Å². The Morgan fingerprint density at radius 3 is 1.38 bits per heavy atom. The van der Waals surface area contributed by atoms with E-state index in [-0.39, 0.29) is 0 Å². The highest BCUT2D eigenvalue weighted by Crippen LogP contribution is 2.22. The molecule has 0 aromatic rings. The van der Waals surface area contributed by atoms with E-state index in [4.69, 9.17) is 0 Å². The van der Waals surface area contributed by atoms with Crippen molar-refractivity contribution in [3.8, 4) is 0 Å². The highest BCUT2D eigenvalue weighted by Gasteiger charge is 2.23. The van der Waals surface area contributed by atoms with Gasteiger partial charge < -0.3 is 9.80 Å². The van der Waals surface area contributed by atoms with Gasteiger partial charge in [0.15, 0.2) is 0 Å². The average Bonchev–Trinajstić information content (AvgIpc) is 3.13. The molecule has 0 radical (unpaired) electrons. The van der Waals surface area contributed by atoms with Gasteiger partial charge in [-0.15, -0.1) is 0 Å². The Morgan fingerprint density at radius 2 is 0.897 bits per heavy atom. The molecule has 0 amide bonds. The molecule has 0 aliphatic carbocycles. The molecule has 0 saturated carbocycles. The molecule has 0 aromatic carbocycles. The van der Waals surface area contributed by atoms with E-state index in [1.807, 2.05) is 0 Å². The van der Waals surface area contributed by atoms with Crippen LogP contribution in [0.5, 0.6) is 0 Å². The van der Waals surface area contributed by atoms with Gasteiger partial charge in [0, 0.05) is 25.5 Å². The first-order valence-corrected chi connectivity index (χ1v) is 13.5. The molecule has 1 heterocycles. The first-order valence-electron chi connectivity index (χ1n) is 13.5. The van der Waals surface area contributed by atoms with Crippen LogP contribution in [0.2, 0.25) is 0 Å². The van der Waals surface area contributed by atoms with Crippen molar-refractivity contribution in [1.82, 2.24) is 9.80 Å². The van der Waals surface area contributed by atoms with Crippen LogP contribution < -0.4 is 0 Å². The van der Waals surface area contributed by atoms with E-state index in [0.717, 1.165) is 6.54 Å². The second-order valence-electron chi connectivity index (χ2n) is 9.29. The summed E-state index contributed by atoms with van der Waals surface area (Å²) in [5.74, 6) is 0. The lowest BCUT2D eigenvalue weighted by atomic mass is 10.1. The Bertz CT molecular complexity index is 366. The van der Waals surface area contributed by atoms with Gasteiger partial charge in [-0.1, -0.05) is 117 Å². The van der Waals surface area contributed by atoms with Crippen LogP contribution in [0.1, 0.15) is 143 Å². The molecule has 1 unspecified atom stereocenters. The molecule has 1 aliphatic heterocycles. The molecule has 2 nitrogen and oxygen atoms in total. The van der Waals surface area contributed by atoms with Gasteiger partial charge in [-0.2, -0.15) is 0 Å². The van der Waals surface area contributed by atoms with E-state index in [2.05, 4.69) is 43.0 Å². The normalized spacial score (nSPS) is 16.3. The van der Waals surface area contributed by atoms with E-state index in [9.17, 15) is 0 Å². The Labute approximate surface area is 184 Å². The topological polar surface area (TPSA) is 6.48 Å². The number of nitrogens with zero attached hydrogens (tertiary/aromatic N) is 2. The summed E-state index contributed by atoms with van der Waals surface area (Å²) in [6.45, 7) is 9.30. The van der Waals surface area contributed by atoms with Crippen molar-refractivity contribution < 1.29 is 0 Å². The number of unbranched alkanes of at least 4 members (excludes halogenated alkanes) is 16. The predicted molar refractivity (Wildman–Crippen MR) is 131 cm³/mol. The van der Waals surface area contributed by atoms with E-state index in [1.165, 1.54) is 129 Å². The second-order valence-corrected chi connectivity index (χ2v) is 9.29. The zero-order chi connectivity index (χ0) is 21.0. The lowest BCUT2D eigenvalue weighted by molar-refractivity contribution is 0.142. The summed E-state index contributed by atoms with van der Waals surface area (Å²) in [5, 5.41) is 0. The number of hydrogen-bond donors (Lipinski definition) is 0. The summed E-state index contributed by atoms with van der Waals surface area (Å²) in [6.07, 6.45) is 32.3. The fraction of sp³-hybridized carbons (Fsp3) is 0.926. The zero-order valence-electron chi connectivity index (χ0n) is 20.5. The highest BCUT2D eigenvalue weighted by molar-refractivity contribution is 4.96. The average molecular weight is 407 g/mol. The monoisotopic (exact) mass is 406 g/mol. The van der Waals surface area contributed by atoms with Gasteiger partial charge in [-0.05, 0) is 26.2 Å². The fourth-order valence-electron chi connectivity index (χ4n) is 4.67. The minimum absolute atomic E-state index is 0.638. The second kappa shape index (κ2) is 19.3. The molecule has 0 spiro atoms. The minimum atomic E-state index is 0.638. The molecule has 0 saturated heterocycles. The molecule has 2 heteroatoms. The molecule has 0 fully saturated rings. The van der Waals surface area contributed by atoms with Gasteiger partial charge in [0.25, 0.3) is 0 Å². The molecule has 29 heavy (non-hydrogen) atoms. The number of rotatable bonds is 21. The van der Waals surface area contributed by atoms with Crippen LogP contribution in [-0.4, -0.2) is 29.1 Å². The Balaban J connectivity index is 2.05. The Kier molecular flexibility index (Phi) is 17.6. The highest BCUT2D eigenvalue weighted by atomic mass is 15.4. The fourth-order valence-corrected chi connectivity index (χ4v) is 4.67. The van der Waals surface area contributed by atoms with Crippen molar-refractivity contribution in [3.05, 3.63) is 12.4 Å². The van der Waals surface area contributed by atoms with Crippen molar-refractivity contribution in [2.24, 2.45) is 0 Å². The van der Waals surface area contributed by atoms with Gasteiger partial charge >= 0.3 is 0 Å². The third-order valence-electron chi connectivity index (χ3n) is 6.67. The predicted octanol–water partition coefficient (Wildman–Crippen LogP) is 8.87. The summed E-state index contributed by atoms with van der Waals surface area (Å²) >= 11 is 0. The zero-order valence-corrected chi connectivity index (χ0v) is 20.5. The molecule has 0 N–H and O–H groups in total. The Hall–Kier alpha value is -0.660. The molecule has 0 bridgehead atoms. The first kappa shape index (κ1) is 26.4. The van der Waals surface area contributed by atoms with Crippen molar-refractivity contribution in [3.63, 3.8) is 0 Å². The lowest BCUT2D eigenvalue weighted by Gasteiger charge is -2.32. The summed E-state index contributed by atoms with van der Waals surface area (Å²) in [5.41, 5.74) is 0. The smallest absolute Gasteiger partial charge is 0.101 e. The molecule has 1 rings (SSSR count). The maximum absolute atomic E-state index is 2.63. The quantitative estimate of drug-likeness (QED) is 0.176. The molecule has 1 aliphatic rings. The van der Waals surface area contributed by atoms with Crippen molar-refractivity contribution >= 4 is 0 Å². The maximum Gasteiger partial charge on any atom is 0.101 e.